The average Bonchev–Trinajstić information content (AvgIpc) is 3.03. The maximum atomic E-state index is 12.9. The summed E-state index contributed by atoms with van der Waals surface area (Å²) in [7, 11) is -4.04. The number of aliphatic hydroxyl groups excluding tert-OH is 1. The van der Waals surface area contributed by atoms with Crippen LogP contribution in [0.3, 0.4) is 0 Å². The molecule has 1 aliphatic rings. The lowest BCUT2D eigenvalue weighted by atomic mass is 10.0. The van der Waals surface area contributed by atoms with Crippen molar-refractivity contribution in [2.45, 2.75) is 25.2 Å². The first kappa shape index (κ1) is 18.5. The Kier molecular flexibility index (Phi) is 4.35. The van der Waals surface area contributed by atoms with Crippen molar-refractivity contribution >= 4 is 48.9 Å². The molecule has 1 aliphatic heterocycles. The summed E-state index contributed by atoms with van der Waals surface area (Å²) in [5.41, 5.74) is 0.528. The lowest BCUT2D eigenvalue weighted by Crippen LogP contribution is -2.35. The molecule has 144 valence electrons. The average molecular weight is 415 g/mol. The summed E-state index contributed by atoms with van der Waals surface area (Å²) in [5.74, 6) is -1.19. The molecule has 7 nitrogen and oxygen atoms in total. The summed E-state index contributed by atoms with van der Waals surface area (Å²) in [4.78, 5) is 17.9. The van der Waals surface area contributed by atoms with E-state index in [9.17, 15) is 18.3 Å². The lowest BCUT2D eigenvalue weighted by Gasteiger charge is -2.22. The topological polar surface area (TPSA) is 108 Å². The molecule has 0 saturated heterocycles. The van der Waals surface area contributed by atoms with Gasteiger partial charge in [0.1, 0.15) is 4.90 Å². The van der Waals surface area contributed by atoms with Crippen LogP contribution in [0.1, 0.15) is 23.1 Å². The van der Waals surface area contributed by atoms with Gasteiger partial charge in [0.2, 0.25) is 0 Å². The summed E-state index contributed by atoms with van der Waals surface area (Å²) in [6.07, 6.45) is 0.721. The van der Waals surface area contributed by atoms with Gasteiger partial charge in [-0.2, -0.15) is 0 Å². The van der Waals surface area contributed by atoms with Gasteiger partial charge in [0.05, 0.1) is 5.69 Å². The zero-order valence-electron chi connectivity index (χ0n) is 15.1. The molecule has 4 rings (SSSR count). The van der Waals surface area contributed by atoms with E-state index in [-0.39, 0.29) is 10.5 Å². The van der Waals surface area contributed by atoms with Crippen LogP contribution >= 0.6 is 11.3 Å². The number of amides is 1. The summed E-state index contributed by atoms with van der Waals surface area (Å²) >= 11 is 1.30. The molecule has 3 N–H and O–H groups in total. The first-order chi connectivity index (χ1) is 13.3. The van der Waals surface area contributed by atoms with E-state index in [4.69, 9.17) is 0 Å². The number of rotatable bonds is 3. The van der Waals surface area contributed by atoms with Crippen LogP contribution in [0.4, 0.5) is 5.13 Å². The SMILES string of the molecule is CCc1nc(NC(=O)C2=C(O)c3ccc4ccccc4c3S(=O)(=O)N2)sc1C. The second kappa shape index (κ2) is 6.61. The number of hydrogen-bond donors (Lipinski definition) is 3. The highest BCUT2D eigenvalue weighted by molar-refractivity contribution is 7.90. The van der Waals surface area contributed by atoms with Crippen LogP contribution in [-0.4, -0.2) is 24.4 Å². The predicted molar refractivity (Wildman–Crippen MR) is 109 cm³/mol. The number of benzene rings is 2. The molecule has 2 aromatic carbocycles. The molecule has 0 atom stereocenters. The normalized spacial score (nSPS) is 15.2. The molecule has 0 radical (unpaired) electrons. The van der Waals surface area contributed by atoms with E-state index in [0.717, 1.165) is 22.4 Å². The van der Waals surface area contributed by atoms with E-state index in [1.54, 1.807) is 30.3 Å². The van der Waals surface area contributed by atoms with Crippen LogP contribution in [0.5, 0.6) is 0 Å². The first-order valence-corrected chi connectivity index (χ1v) is 10.9. The lowest BCUT2D eigenvalue weighted by molar-refractivity contribution is -0.113. The number of anilines is 1. The minimum absolute atomic E-state index is 0.0435. The van der Waals surface area contributed by atoms with Crippen LogP contribution < -0.4 is 10.0 Å². The van der Waals surface area contributed by atoms with Crippen LogP contribution in [0.2, 0.25) is 0 Å². The highest BCUT2D eigenvalue weighted by Crippen LogP contribution is 2.35. The summed E-state index contributed by atoms with van der Waals surface area (Å²) in [5, 5.41) is 14.8. The second-order valence-electron chi connectivity index (χ2n) is 6.32. The number of hydrogen-bond acceptors (Lipinski definition) is 6. The smallest absolute Gasteiger partial charge is 0.278 e. The van der Waals surface area contributed by atoms with Gasteiger partial charge in [-0.3, -0.25) is 14.8 Å². The number of aryl methyl sites for hydroxylation is 2. The summed E-state index contributed by atoms with van der Waals surface area (Å²) in [6.45, 7) is 3.85. The van der Waals surface area contributed by atoms with Gasteiger partial charge in [0.25, 0.3) is 15.9 Å². The van der Waals surface area contributed by atoms with Crippen molar-refractivity contribution in [1.82, 2.24) is 9.71 Å². The fraction of sp³-hybridized carbons (Fsp3) is 0.158. The van der Waals surface area contributed by atoms with Gasteiger partial charge in [-0.15, -0.1) is 11.3 Å². The Bertz CT molecular complexity index is 1260. The Balaban J connectivity index is 1.80. The number of carbonyl (C=O) groups is 1. The van der Waals surface area contributed by atoms with E-state index in [1.165, 1.54) is 17.4 Å². The fourth-order valence-corrected chi connectivity index (χ4v) is 5.60. The van der Waals surface area contributed by atoms with Crippen molar-refractivity contribution in [3.05, 3.63) is 58.2 Å². The number of carbonyl (C=O) groups excluding carboxylic acids is 1. The van der Waals surface area contributed by atoms with Crippen molar-refractivity contribution in [3.8, 4) is 0 Å². The third-order valence-electron chi connectivity index (χ3n) is 4.55. The molecule has 0 saturated carbocycles. The van der Waals surface area contributed by atoms with Crippen LogP contribution in [0.25, 0.3) is 16.5 Å². The first-order valence-electron chi connectivity index (χ1n) is 8.57. The standard InChI is InChI=1S/C19H17N3O4S2/c1-3-14-10(2)27-19(20-14)21-18(24)15-16(23)13-9-8-11-6-4-5-7-12(11)17(13)28(25,26)22-15/h4-9,22-23H,3H2,1-2H3,(H,20,21,24). The quantitative estimate of drug-likeness (QED) is 0.608. The van der Waals surface area contributed by atoms with E-state index < -0.39 is 27.4 Å². The van der Waals surface area contributed by atoms with Gasteiger partial charge in [0, 0.05) is 15.8 Å². The molecule has 0 fully saturated rings. The third-order valence-corrected chi connectivity index (χ3v) is 6.93. The number of sulfonamides is 1. The monoisotopic (exact) mass is 415 g/mol. The molecule has 3 aromatic rings. The molecule has 28 heavy (non-hydrogen) atoms. The van der Waals surface area contributed by atoms with Gasteiger partial charge >= 0.3 is 0 Å². The molecule has 1 aromatic heterocycles. The molecular formula is C19H17N3O4S2. The number of aliphatic hydroxyl groups is 1. The summed E-state index contributed by atoms with van der Waals surface area (Å²) < 4.78 is 27.9. The third kappa shape index (κ3) is 2.92. The molecule has 2 heterocycles. The van der Waals surface area contributed by atoms with Crippen molar-refractivity contribution in [2.24, 2.45) is 0 Å². The van der Waals surface area contributed by atoms with E-state index in [2.05, 4.69) is 15.0 Å². The van der Waals surface area contributed by atoms with Crippen LogP contribution in [-0.2, 0) is 21.2 Å². The molecule has 0 unspecified atom stereocenters. The molecule has 9 heteroatoms. The predicted octanol–water partition coefficient (Wildman–Crippen LogP) is 3.32. The van der Waals surface area contributed by atoms with Crippen molar-refractivity contribution in [1.29, 1.82) is 0 Å². The van der Waals surface area contributed by atoms with Gasteiger partial charge in [-0.05, 0) is 24.8 Å². The zero-order valence-corrected chi connectivity index (χ0v) is 16.7. The van der Waals surface area contributed by atoms with E-state index >= 15 is 0 Å². The number of aromatic nitrogens is 1. The fourth-order valence-electron chi connectivity index (χ4n) is 3.21. The van der Waals surface area contributed by atoms with Gasteiger partial charge in [0.15, 0.2) is 16.6 Å². The Morgan fingerprint density at radius 3 is 2.71 bits per heavy atom. The van der Waals surface area contributed by atoms with Gasteiger partial charge < -0.3 is 5.11 Å². The molecule has 0 spiro atoms. The maximum Gasteiger partial charge on any atom is 0.278 e. The van der Waals surface area contributed by atoms with Crippen molar-refractivity contribution in [3.63, 3.8) is 0 Å². The maximum absolute atomic E-state index is 12.9. The highest BCUT2D eigenvalue weighted by Gasteiger charge is 2.34. The van der Waals surface area contributed by atoms with Crippen molar-refractivity contribution in [2.75, 3.05) is 5.32 Å². The number of nitrogens with zero attached hydrogens (tertiary/aromatic N) is 1. The van der Waals surface area contributed by atoms with E-state index in [1.807, 2.05) is 13.8 Å². The summed E-state index contributed by atoms with van der Waals surface area (Å²) in [6, 6.07) is 10.2. The zero-order chi connectivity index (χ0) is 20.1. The number of fused-ring (bicyclic) bond motifs is 3. The number of nitrogens with one attached hydrogen (secondary N) is 2. The Morgan fingerprint density at radius 1 is 1.25 bits per heavy atom. The van der Waals surface area contributed by atoms with Crippen LogP contribution in [0.15, 0.2) is 47.0 Å². The molecule has 0 aliphatic carbocycles. The highest BCUT2D eigenvalue weighted by atomic mass is 32.2. The van der Waals surface area contributed by atoms with Gasteiger partial charge in [-0.1, -0.05) is 37.3 Å². The Labute approximate surface area is 165 Å². The van der Waals surface area contributed by atoms with Crippen molar-refractivity contribution < 1.29 is 18.3 Å². The minimum Gasteiger partial charge on any atom is -0.505 e. The second-order valence-corrected chi connectivity index (χ2v) is 9.14. The molecule has 0 bridgehead atoms. The molecule has 1 amide bonds. The Morgan fingerprint density at radius 2 is 2.00 bits per heavy atom. The Hall–Kier alpha value is -2.91. The minimum atomic E-state index is -4.04. The largest absolute Gasteiger partial charge is 0.505 e. The van der Waals surface area contributed by atoms with E-state index in [0.29, 0.717) is 10.5 Å². The van der Waals surface area contributed by atoms with Gasteiger partial charge in [-0.25, -0.2) is 13.4 Å². The molecular weight excluding hydrogens is 398 g/mol. The van der Waals surface area contributed by atoms with Crippen LogP contribution in [0, 0.1) is 6.92 Å². The number of thiazole rings is 1.